The average Bonchev–Trinajstić information content (AvgIpc) is 2.51. The first-order valence-electron chi connectivity index (χ1n) is 7.49. The lowest BCUT2D eigenvalue weighted by Crippen LogP contribution is -2.35. The van der Waals surface area contributed by atoms with Crippen molar-refractivity contribution >= 4 is 31.6 Å². The third-order valence-electron chi connectivity index (χ3n) is 3.53. The van der Waals surface area contributed by atoms with Crippen LogP contribution in [0.5, 0.6) is 0 Å². The Balaban J connectivity index is 2.00. The zero-order chi connectivity index (χ0) is 16.9. The molecule has 0 aliphatic rings. The molecule has 6 heteroatoms. The van der Waals surface area contributed by atoms with Crippen molar-refractivity contribution in [3.63, 3.8) is 0 Å². The van der Waals surface area contributed by atoms with E-state index < -0.39 is 10.0 Å². The Bertz CT molecular complexity index is 763. The van der Waals surface area contributed by atoms with Gasteiger partial charge in [-0.2, -0.15) is 0 Å². The molecule has 4 nitrogen and oxygen atoms in total. The lowest BCUT2D eigenvalue weighted by molar-refractivity contribution is 0.581. The van der Waals surface area contributed by atoms with Crippen LogP contribution in [0.1, 0.15) is 12.5 Å². The fraction of sp³-hybridized carbons (Fsp3) is 0.294. The van der Waals surface area contributed by atoms with Gasteiger partial charge in [0.15, 0.2) is 0 Å². The molecule has 0 aliphatic heterocycles. The molecule has 124 valence electrons. The molecule has 0 atom stereocenters. The van der Waals surface area contributed by atoms with E-state index in [0.717, 1.165) is 16.7 Å². The van der Waals surface area contributed by atoms with Crippen LogP contribution in [0.2, 0.25) is 0 Å². The molecule has 0 saturated heterocycles. The fourth-order valence-electron chi connectivity index (χ4n) is 2.33. The molecule has 23 heavy (non-hydrogen) atoms. The number of nitrogens with zero attached hydrogens (tertiary/aromatic N) is 1. The second-order valence-corrected chi connectivity index (χ2v) is 7.96. The van der Waals surface area contributed by atoms with E-state index >= 15 is 0 Å². The van der Waals surface area contributed by atoms with Crippen LogP contribution >= 0.6 is 15.9 Å². The molecule has 0 fully saturated rings. The number of aryl methyl sites for hydroxylation is 1. The van der Waals surface area contributed by atoms with Crippen molar-refractivity contribution in [3.8, 4) is 0 Å². The van der Waals surface area contributed by atoms with Gasteiger partial charge < -0.3 is 4.90 Å². The van der Waals surface area contributed by atoms with Crippen LogP contribution in [-0.2, 0) is 10.0 Å². The second-order valence-electron chi connectivity index (χ2n) is 5.27. The van der Waals surface area contributed by atoms with Gasteiger partial charge in [-0.15, -0.1) is 0 Å². The van der Waals surface area contributed by atoms with Crippen LogP contribution in [0.15, 0.2) is 57.9 Å². The smallest absolute Gasteiger partial charge is 0.240 e. The van der Waals surface area contributed by atoms with Crippen LogP contribution < -0.4 is 9.62 Å². The number of sulfonamides is 1. The van der Waals surface area contributed by atoms with Crippen molar-refractivity contribution < 1.29 is 8.42 Å². The third-order valence-corrected chi connectivity index (χ3v) is 5.48. The van der Waals surface area contributed by atoms with Gasteiger partial charge in [0.25, 0.3) is 0 Å². The van der Waals surface area contributed by atoms with Gasteiger partial charge in [-0.1, -0.05) is 34.1 Å². The van der Waals surface area contributed by atoms with Crippen molar-refractivity contribution in [3.05, 3.63) is 58.6 Å². The highest BCUT2D eigenvalue weighted by Crippen LogP contribution is 2.17. The number of rotatable bonds is 7. The maximum Gasteiger partial charge on any atom is 0.240 e. The molecule has 2 aromatic rings. The van der Waals surface area contributed by atoms with Crippen LogP contribution in [0.3, 0.4) is 0 Å². The summed E-state index contributed by atoms with van der Waals surface area (Å²) in [6.45, 7) is 5.91. The topological polar surface area (TPSA) is 49.4 Å². The van der Waals surface area contributed by atoms with E-state index in [2.05, 4.69) is 38.5 Å². The molecule has 2 aromatic carbocycles. The van der Waals surface area contributed by atoms with Crippen molar-refractivity contribution in [1.82, 2.24) is 4.72 Å². The SMILES string of the molecule is CCN(CCNS(=O)(=O)c1cccc(Br)c1)c1cccc(C)c1. The molecule has 0 spiro atoms. The minimum Gasteiger partial charge on any atom is -0.370 e. The first-order chi connectivity index (χ1) is 10.9. The number of anilines is 1. The van der Waals surface area contributed by atoms with Gasteiger partial charge in [-0.3, -0.25) is 0 Å². The highest BCUT2D eigenvalue weighted by molar-refractivity contribution is 9.10. The Morgan fingerprint density at radius 2 is 1.87 bits per heavy atom. The van der Waals surface area contributed by atoms with E-state index in [9.17, 15) is 8.42 Å². The van der Waals surface area contributed by atoms with Crippen molar-refractivity contribution in [2.24, 2.45) is 0 Å². The Labute approximate surface area is 146 Å². The van der Waals surface area contributed by atoms with E-state index in [0.29, 0.717) is 13.1 Å². The summed E-state index contributed by atoms with van der Waals surface area (Å²) in [5.41, 5.74) is 2.30. The summed E-state index contributed by atoms with van der Waals surface area (Å²) >= 11 is 3.29. The largest absolute Gasteiger partial charge is 0.370 e. The summed E-state index contributed by atoms with van der Waals surface area (Å²) in [7, 11) is -3.48. The number of likely N-dealkylation sites (N-methyl/N-ethyl adjacent to an activating group) is 1. The normalized spacial score (nSPS) is 11.4. The minimum atomic E-state index is -3.48. The van der Waals surface area contributed by atoms with Gasteiger partial charge in [-0.05, 0) is 49.7 Å². The first-order valence-corrected chi connectivity index (χ1v) is 9.77. The molecule has 0 aliphatic carbocycles. The highest BCUT2D eigenvalue weighted by Gasteiger charge is 2.14. The van der Waals surface area contributed by atoms with Crippen molar-refractivity contribution in [2.75, 3.05) is 24.5 Å². The monoisotopic (exact) mass is 396 g/mol. The first kappa shape index (κ1) is 18.0. The summed E-state index contributed by atoms with van der Waals surface area (Å²) in [4.78, 5) is 2.42. The number of hydrogen-bond donors (Lipinski definition) is 1. The number of halogens is 1. The molecule has 2 rings (SSSR count). The highest BCUT2D eigenvalue weighted by atomic mass is 79.9. The zero-order valence-corrected chi connectivity index (χ0v) is 15.7. The number of benzene rings is 2. The lowest BCUT2D eigenvalue weighted by atomic mass is 10.2. The van der Waals surface area contributed by atoms with Gasteiger partial charge in [0.1, 0.15) is 0 Å². The minimum absolute atomic E-state index is 0.269. The fourth-order valence-corrected chi connectivity index (χ4v) is 3.94. The zero-order valence-electron chi connectivity index (χ0n) is 13.3. The van der Waals surface area contributed by atoms with E-state index in [1.54, 1.807) is 24.3 Å². The quantitative estimate of drug-likeness (QED) is 0.777. The van der Waals surface area contributed by atoms with Crippen LogP contribution in [0.4, 0.5) is 5.69 Å². The van der Waals surface area contributed by atoms with Crippen LogP contribution in [0.25, 0.3) is 0 Å². The van der Waals surface area contributed by atoms with E-state index in [4.69, 9.17) is 0 Å². The Morgan fingerprint density at radius 1 is 1.13 bits per heavy atom. The lowest BCUT2D eigenvalue weighted by Gasteiger charge is -2.23. The van der Waals surface area contributed by atoms with Gasteiger partial charge in [-0.25, -0.2) is 13.1 Å². The number of hydrogen-bond acceptors (Lipinski definition) is 3. The molecule has 0 bridgehead atoms. The maximum atomic E-state index is 12.3. The molecule has 0 unspecified atom stereocenters. The molecular formula is C17H21BrN2O2S. The summed E-state index contributed by atoms with van der Waals surface area (Å²) in [5.74, 6) is 0. The predicted octanol–water partition coefficient (Wildman–Crippen LogP) is 3.56. The van der Waals surface area contributed by atoms with Crippen LogP contribution in [0, 0.1) is 6.92 Å². The van der Waals surface area contributed by atoms with Gasteiger partial charge >= 0.3 is 0 Å². The molecule has 0 aromatic heterocycles. The molecule has 0 amide bonds. The van der Waals surface area contributed by atoms with Gasteiger partial charge in [0, 0.05) is 29.8 Å². The average molecular weight is 397 g/mol. The molecule has 0 saturated carbocycles. The van der Waals surface area contributed by atoms with E-state index in [1.807, 2.05) is 25.1 Å². The molecular weight excluding hydrogens is 376 g/mol. The number of nitrogens with one attached hydrogen (secondary N) is 1. The third kappa shape index (κ3) is 5.06. The predicted molar refractivity (Wildman–Crippen MR) is 98.4 cm³/mol. The second kappa shape index (κ2) is 7.95. The summed E-state index contributed by atoms with van der Waals surface area (Å²) in [6, 6.07) is 14.9. The maximum absolute atomic E-state index is 12.3. The van der Waals surface area contributed by atoms with Crippen molar-refractivity contribution in [1.29, 1.82) is 0 Å². The Kier molecular flexibility index (Phi) is 6.21. The van der Waals surface area contributed by atoms with Gasteiger partial charge in [0.2, 0.25) is 10.0 Å². The van der Waals surface area contributed by atoms with E-state index in [-0.39, 0.29) is 4.90 Å². The molecule has 0 radical (unpaired) electrons. The summed E-state index contributed by atoms with van der Waals surface area (Å²) in [5, 5.41) is 0. The van der Waals surface area contributed by atoms with Crippen molar-refractivity contribution in [2.45, 2.75) is 18.7 Å². The summed E-state index contributed by atoms with van der Waals surface area (Å²) in [6.07, 6.45) is 0. The van der Waals surface area contributed by atoms with E-state index in [1.165, 1.54) is 5.56 Å². The molecule has 1 N–H and O–H groups in total. The molecule has 0 heterocycles. The Morgan fingerprint density at radius 3 is 2.52 bits per heavy atom. The standard InChI is InChI=1S/C17H21BrN2O2S/c1-3-20(16-8-4-6-14(2)12-16)11-10-19-23(21,22)17-9-5-7-15(18)13-17/h4-9,12-13,19H,3,10-11H2,1-2H3. The van der Waals surface area contributed by atoms with Crippen LogP contribution in [-0.4, -0.2) is 28.1 Å². The Hall–Kier alpha value is -1.37. The summed E-state index contributed by atoms with van der Waals surface area (Å²) < 4.78 is 28.0. The van der Waals surface area contributed by atoms with Gasteiger partial charge in [0.05, 0.1) is 4.90 Å².